The Morgan fingerprint density at radius 1 is 0.895 bits per heavy atom. The molecule has 8 nitrogen and oxygen atoms in total. The third kappa shape index (κ3) is 7.70. The van der Waals surface area contributed by atoms with Gasteiger partial charge < -0.3 is 20.1 Å². The van der Waals surface area contributed by atoms with Gasteiger partial charge in [0, 0.05) is 41.7 Å². The molecule has 1 aromatic carbocycles. The van der Waals surface area contributed by atoms with Crippen LogP contribution in [0.15, 0.2) is 95.3 Å². The molecule has 3 aromatic rings. The minimum Gasteiger partial charge on any atom is -0.495 e. The molecule has 2 unspecified atom stereocenters. The maximum Gasteiger partial charge on any atom is 0.234 e. The van der Waals surface area contributed by atoms with Crippen LogP contribution in [-0.4, -0.2) is 59.7 Å². The van der Waals surface area contributed by atoms with Crippen LogP contribution in [0.4, 0.5) is 5.69 Å². The van der Waals surface area contributed by atoms with Crippen molar-refractivity contribution >= 4 is 46.6 Å². The molecule has 0 bridgehead atoms. The van der Waals surface area contributed by atoms with Crippen molar-refractivity contribution in [3.63, 3.8) is 0 Å². The number of hydrogen-bond donors (Lipinski definition) is 2. The number of allylic oxidation sites excluding steroid dienone is 2. The van der Waals surface area contributed by atoms with Crippen molar-refractivity contribution in [3.8, 4) is 5.75 Å². The van der Waals surface area contributed by atoms with Crippen molar-refractivity contribution in [3.05, 3.63) is 91.0 Å². The number of pyridine rings is 2. The Hall–Kier alpha value is -3.60. The zero-order valence-electron chi connectivity index (χ0n) is 21.0. The Morgan fingerprint density at radius 2 is 1.53 bits per heavy atom. The lowest BCUT2D eigenvalue weighted by molar-refractivity contribution is -0.119. The van der Waals surface area contributed by atoms with Crippen molar-refractivity contribution in [1.82, 2.24) is 15.3 Å². The van der Waals surface area contributed by atoms with Crippen LogP contribution < -0.4 is 15.4 Å². The number of aromatic nitrogens is 2. The van der Waals surface area contributed by atoms with Gasteiger partial charge in [0.2, 0.25) is 11.8 Å². The molecular formula is C28H28N4O4S2. The van der Waals surface area contributed by atoms with Gasteiger partial charge >= 0.3 is 0 Å². The van der Waals surface area contributed by atoms with Crippen LogP contribution in [0.3, 0.4) is 0 Å². The minimum atomic E-state index is -0.333. The van der Waals surface area contributed by atoms with E-state index in [4.69, 9.17) is 9.47 Å². The molecule has 0 saturated heterocycles. The van der Waals surface area contributed by atoms with Gasteiger partial charge in [0.15, 0.2) is 0 Å². The number of carbonyl (C=O) groups is 2. The lowest BCUT2D eigenvalue weighted by Gasteiger charge is -2.26. The van der Waals surface area contributed by atoms with Gasteiger partial charge in [-0.25, -0.2) is 0 Å². The van der Waals surface area contributed by atoms with Crippen LogP contribution >= 0.6 is 23.5 Å². The summed E-state index contributed by atoms with van der Waals surface area (Å²) in [6, 6.07) is 12.8. The molecule has 4 rings (SSSR count). The highest BCUT2D eigenvalue weighted by Crippen LogP contribution is 2.31. The van der Waals surface area contributed by atoms with Gasteiger partial charge in [-0.15, -0.1) is 23.5 Å². The minimum absolute atomic E-state index is 0.0794. The van der Waals surface area contributed by atoms with Crippen LogP contribution in [0.5, 0.6) is 5.75 Å². The molecule has 1 aliphatic rings. The molecule has 2 heterocycles. The second-order valence-electron chi connectivity index (χ2n) is 8.18. The number of nitrogens with one attached hydrogen (secondary N) is 2. The molecule has 0 saturated carbocycles. The number of methoxy groups -OCH3 is 2. The number of benzene rings is 1. The van der Waals surface area contributed by atoms with Gasteiger partial charge in [-0.3, -0.25) is 19.6 Å². The van der Waals surface area contributed by atoms with Crippen molar-refractivity contribution in [2.45, 2.75) is 21.9 Å². The Kier molecular flexibility index (Phi) is 9.97. The van der Waals surface area contributed by atoms with Gasteiger partial charge in [0.1, 0.15) is 5.75 Å². The fourth-order valence-electron chi connectivity index (χ4n) is 3.74. The average molecular weight is 549 g/mol. The summed E-state index contributed by atoms with van der Waals surface area (Å²) < 4.78 is 11.2. The van der Waals surface area contributed by atoms with E-state index in [0.717, 1.165) is 20.9 Å². The summed E-state index contributed by atoms with van der Waals surface area (Å²) in [5, 5.41) is 5.95. The van der Waals surface area contributed by atoms with Gasteiger partial charge in [-0.05, 0) is 53.6 Å². The van der Waals surface area contributed by atoms with E-state index in [1.54, 1.807) is 39.0 Å². The monoisotopic (exact) mass is 548 g/mol. The first kappa shape index (κ1) is 27.4. The summed E-state index contributed by atoms with van der Waals surface area (Å²) in [6.07, 6.45) is 12.3. The van der Waals surface area contributed by atoms with Gasteiger partial charge in [-0.2, -0.15) is 0 Å². The first-order valence-corrected chi connectivity index (χ1v) is 13.8. The molecule has 196 valence electrons. The van der Waals surface area contributed by atoms with E-state index in [2.05, 4.69) is 20.6 Å². The molecule has 2 N–H and O–H groups in total. The Balaban J connectivity index is 1.36. The van der Waals surface area contributed by atoms with E-state index in [1.807, 2.05) is 60.7 Å². The highest BCUT2D eigenvalue weighted by molar-refractivity contribution is 8.00. The molecule has 0 fully saturated rings. The normalized spacial score (nSPS) is 16.4. The molecule has 2 aromatic heterocycles. The van der Waals surface area contributed by atoms with Crippen LogP contribution in [0.25, 0.3) is 5.57 Å². The Bertz CT molecular complexity index is 1300. The number of thioether (sulfide) groups is 2. The lowest BCUT2D eigenvalue weighted by atomic mass is 9.94. The van der Waals surface area contributed by atoms with Crippen LogP contribution in [0.1, 0.15) is 5.56 Å². The molecule has 0 spiro atoms. The first-order chi connectivity index (χ1) is 18.6. The third-order valence-corrected chi connectivity index (χ3v) is 7.65. The molecule has 38 heavy (non-hydrogen) atoms. The van der Waals surface area contributed by atoms with Gasteiger partial charge in [-0.1, -0.05) is 18.2 Å². The van der Waals surface area contributed by atoms with Crippen molar-refractivity contribution < 1.29 is 19.1 Å². The van der Waals surface area contributed by atoms with Gasteiger partial charge in [0.05, 0.1) is 36.4 Å². The predicted molar refractivity (Wildman–Crippen MR) is 151 cm³/mol. The number of carbonyl (C=O) groups excluding carboxylic acids is 2. The van der Waals surface area contributed by atoms with Crippen molar-refractivity contribution in [2.75, 3.05) is 31.0 Å². The summed E-state index contributed by atoms with van der Waals surface area (Å²) >= 11 is 2.89. The van der Waals surface area contributed by atoms with E-state index in [0.29, 0.717) is 17.2 Å². The molecule has 10 heteroatoms. The number of rotatable bonds is 11. The standard InChI is InChI=1S/C28H28N4O4S2/c1-35-25-15-19(3-5-23(25)31-27(33)17-37-21-7-11-29-12-8-21)20-4-6-24(26(16-20)36-2)32-28(34)18-38-22-9-13-30-14-10-22/h3-16,23,25H,17-18H2,1-2H3,(H,31,33)(H,32,34). The fourth-order valence-corrected chi connectivity index (χ4v) is 5.12. The summed E-state index contributed by atoms with van der Waals surface area (Å²) in [6.45, 7) is 0. The second-order valence-corrected chi connectivity index (χ2v) is 10.3. The summed E-state index contributed by atoms with van der Waals surface area (Å²) in [5.74, 6) is 0.912. The molecule has 2 amide bonds. The third-order valence-electron chi connectivity index (χ3n) is 5.63. The summed E-state index contributed by atoms with van der Waals surface area (Å²) in [7, 11) is 3.19. The first-order valence-electron chi connectivity index (χ1n) is 11.8. The molecule has 2 atom stereocenters. The maximum absolute atomic E-state index is 12.5. The molecule has 0 aliphatic heterocycles. The van der Waals surface area contributed by atoms with E-state index in [9.17, 15) is 9.59 Å². The van der Waals surface area contributed by atoms with E-state index >= 15 is 0 Å². The largest absolute Gasteiger partial charge is 0.495 e. The Morgan fingerprint density at radius 3 is 2.13 bits per heavy atom. The lowest BCUT2D eigenvalue weighted by Crippen LogP contribution is -2.43. The number of amides is 2. The van der Waals surface area contributed by atoms with E-state index < -0.39 is 0 Å². The predicted octanol–water partition coefficient (Wildman–Crippen LogP) is 4.46. The molecular weight excluding hydrogens is 520 g/mol. The highest BCUT2D eigenvalue weighted by atomic mass is 32.2. The quantitative estimate of drug-likeness (QED) is 0.339. The topological polar surface area (TPSA) is 102 Å². The SMILES string of the molecule is COc1cc(C2=CC(OC)C(NC(=O)CSc3ccncc3)C=C2)ccc1NC(=O)CSc1ccncc1. The average Bonchev–Trinajstić information content (AvgIpc) is 2.96. The summed E-state index contributed by atoms with van der Waals surface area (Å²) in [4.78, 5) is 35.0. The van der Waals surface area contributed by atoms with Crippen LogP contribution in [-0.2, 0) is 14.3 Å². The van der Waals surface area contributed by atoms with E-state index in [-0.39, 0.29) is 29.7 Å². The molecule has 0 radical (unpaired) electrons. The van der Waals surface area contributed by atoms with E-state index in [1.165, 1.54) is 23.5 Å². The highest BCUT2D eigenvalue weighted by Gasteiger charge is 2.23. The molecule has 1 aliphatic carbocycles. The zero-order chi connectivity index (χ0) is 26.7. The number of nitrogens with zero attached hydrogens (tertiary/aromatic N) is 2. The maximum atomic E-state index is 12.5. The smallest absolute Gasteiger partial charge is 0.234 e. The number of hydrogen-bond acceptors (Lipinski definition) is 8. The second kappa shape index (κ2) is 13.8. The van der Waals surface area contributed by atoms with Crippen LogP contribution in [0, 0.1) is 0 Å². The fraction of sp³-hybridized carbons (Fsp3) is 0.214. The number of ether oxygens (including phenoxy) is 2. The summed E-state index contributed by atoms with van der Waals surface area (Å²) in [5.41, 5.74) is 2.43. The number of anilines is 1. The van der Waals surface area contributed by atoms with Crippen molar-refractivity contribution in [2.24, 2.45) is 0 Å². The van der Waals surface area contributed by atoms with Crippen LogP contribution in [0.2, 0.25) is 0 Å². The zero-order valence-corrected chi connectivity index (χ0v) is 22.6. The van der Waals surface area contributed by atoms with Gasteiger partial charge in [0.25, 0.3) is 0 Å². The Labute approximate surface area is 230 Å². The van der Waals surface area contributed by atoms with Crippen molar-refractivity contribution in [1.29, 1.82) is 0 Å².